The highest BCUT2D eigenvalue weighted by molar-refractivity contribution is 5.80. The molecule has 1 aromatic heterocycles. The van der Waals surface area contributed by atoms with Crippen LogP contribution in [-0.4, -0.2) is 83.2 Å². The molecule has 1 saturated heterocycles. The summed E-state index contributed by atoms with van der Waals surface area (Å²) in [4.78, 5) is 43.6. The molecule has 2 aromatic rings. The summed E-state index contributed by atoms with van der Waals surface area (Å²) in [6, 6.07) is 12.4. The average Bonchev–Trinajstić information content (AvgIpc) is 2.98. The Hall–Kier alpha value is -4.30. The number of aryl methyl sites for hydroxylation is 2. The maximum absolute atomic E-state index is 12.9. The average molecular weight is 647 g/mol. The van der Waals surface area contributed by atoms with Crippen molar-refractivity contribution in [1.82, 2.24) is 15.2 Å². The van der Waals surface area contributed by atoms with Crippen molar-refractivity contribution in [2.45, 2.75) is 89.6 Å². The number of amides is 2. The summed E-state index contributed by atoms with van der Waals surface area (Å²) < 4.78 is 17.0. The molecule has 11 nitrogen and oxygen atoms in total. The maximum atomic E-state index is 12.9. The van der Waals surface area contributed by atoms with Gasteiger partial charge in [-0.3, -0.25) is 0 Å². The molecule has 1 unspecified atom stereocenters. The van der Waals surface area contributed by atoms with Gasteiger partial charge in [0.2, 0.25) is 0 Å². The number of ether oxygens (including phenoxy) is 3. The summed E-state index contributed by atoms with van der Waals surface area (Å²) in [6.07, 6.45) is 4.08. The third kappa shape index (κ3) is 10.1. The fraction of sp³-hybridized carbons (Fsp3) is 0.556. The topological polar surface area (TPSA) is 139 Å². The van der Waals surface area contributed by atoms with Crippen molar-refractivity contribution in [2.75, 3.05) is 31.6 Å². The van der Waals surface area contributed by atoms with Gasteiger partial charge in [0.05, 0.1) is 6.10 Å². The predicted molar refractivity (Wildman–Crippen MR) is 176 cm³/mol. The van der Waals surface area contributed by atoms with Gasteiger partial charge in [0, 0.05) is 49.8 Å². The zero-order chi connectivity index (χ0) is 33.4. The van der Waals surface area contributed by atoms with E-state index in [2.05, 4.69) is 34.6 Å². The minimum Gasteiger partial charge on any atom is -0.480 e. The van der Waals surface area contributed by atoms with Crippen LogP contribution in [0.5, 0.6) is 0 Å². The van der Waals surface area contributed by atoms with Crippen LogP contribution in [0.3, 0.4) is 0 Å². The smallest absolute Gasteiger partial charge is 0.410 e. The quantitative estimate of drug-likeness (QED) is 0.287. The Kier molecular flexibility index (Phi) is 11.2. The molecule has 0 radical (unpaired) electrons. The van der Waals surface area contributed by atoms with E-state index in [1.54, 1.807) is 20.8 Å². The lowest BCUT2D eigenvalue weighted by molar-refractivity contribution is -0.140. The van der Waals surface area contributed by atoms with Gasteiger partial charge in [-0.15, -0.1) is 0 Å². The van der Waals surface area contributed by atoms with E-state index < -0.39 is 35.9 Å². The lowest BCUT2D eigenvalue weighted by Crippen LogP contribution is -2.56. The largest absolute Gasteiger partial charge is 0.480 e. The Bertz CT molecular complexity index is 1450. The summed E-state index contributed by atoms with van der Waals surface area (Å²) in [7, 11) is 0. The van der Waals surface area contributed by atoms with Gasteiger partial charge in [-0.25, -0.2) is 19.4 Å². The van der Waals surface area contributed by atoms with E-state index >= 15 is 0 Å². The maximum Gasteiger partial charge on any atom is 0.410 e. The van der Waals surface area contributed by atoms with Crippen molar-refractivity contribution in [3.8, 4) is 11.8 Å². The highest BCUT2D eigenvalue weighted by Crippen LogP contribution is 2.34. The Morgan fingerprint density at radius 1 is 1.13 bits per heavy atom. The number of carboxylic acid groups (broad SMARTS) is 1. The molecular formula is C36H46N4O7. The van der Waals surface area contributed by atoms with Gasteiger partial charge >= 0.3 is 18.2 Å². The van der Waals surface area contributed by atoms with Gasteiger partial charge in [-0.2, -0.15) is 0 Å². The molecule has 5 rings (SSSR count). The number of aliphatic carboxylic acids is 1. The third-order valence-corrected chi connectivity index (χ3v) is 8.66. The van der Waals surface area contributed by atoms with Crippen molar-refractivity contribution in [3.63, 3.8) is 0 Å². The van der Waals surface area contributed by atoms with Crippen LogP contribution >= 0.6 is 0 Å². The van der Waals surface area contributed by atoms with Gasteiger partial charge in [-0.1, -0.05) is 36.1 Å². The van der Waals surface area contributed by atoms with Crippen LogP contribution in [0.2, 0.25) is 0 Å². The van der Waals surface area contributed by atoms with E-state index in [9.17, 15) is 19.5 Å². The van der Waals surface area contributed by atoms with E-state index in [0.29, 0.717) is 19.0 Å². The molecule has 3 N–H and O–H groups in total. The second-order valence-electron chi connectivity index (χ2n) is 13.6. The van der Waals surface area contributed by atoms with Crippen molar-refractivity contribution < 1.29 is 33.7 Å². The minimum absolute atomic E-state index is 0.0868. The number of carbonyl (C=O) groups is 3. The molecule has 47 heavy (non-hydrogen) atoms. The van der Waals surface area contributed by atoms with E-state index in [1.807, 2.05) is 30.3 Å². The first kappa shape index (κ1) is 34.0. The van der Waals surface area contributed by atoms with Crippen molar-refractivity contribution >= 4 is 24.0 Å². The number of aromatic nitrogens is 1. The molecule has 3 aliphatic rings. The predicted octanol–water partition coefficient (Wildman–Crippen LogP) is 5.02. The van der Waals surface area contributed by atoms with Crippen molar-refractivity contribution in [1.29, 1.82) is 0 Å². The van der Waals surface area contributed by atoms with E-state index in [0.717, 1.165) is 62.1 Å². The summed E-state index contributed by atoms with van der Waals surface area (Å²) in [5, 5.41) is 15.6. The Labute approximate surface area is 276 Å². The van der Waals surface area contributed by atoms with Crippen molar-refractivity contribution in [2.24, 2.45) is 11.8 Å². The molecule has 252 valence electrons. The Morgan fingerprint density at radius 3 is 2.62 bits per heavy atom. The molecule has 2 amide bonds. The van der Waals surface area contributed by atoms with Crippen LogP contribution in [0, 0.1) is 23.7 Å². The van der Waals surface area contributed by atoms with E-state index in [-0.39, 0.29) is 25.0 Å². The lowest BCUT2D eigenvalue weighted by Gasteiger charge is -2.41. The number of carboxylic acids is 1. The van der Waals surface area contributed by atoms with Crippen LogP contribution in [0.1, 0.15) is 69.7 Å². The molecule has 1 aromatic carbocycles. The first-order chi connectivity index (χ1) is 22.5. The second kappa shape index (κ2) is 15.5. The fourth-order valence-corrected chi connectivity index (χ4v) is 5.91. The summed E-state index contributed by atoms with van der Waals surface area (Å²) in [6.45, 7) is 7.17. The monoisotopic (exact) mass is 646 g/mol. The van der Waals surface area contributed by atoms with Gasteiger partial charge in [-0.05, 0) is 89.0 Å². The van der Waals surface area contributed by atoms with Gasteiger partial charge in [0.15, 0.2) is 6.10 Å². The fourth-order valence-electron chi connectivity index (χ4n) is 5.91. The second-order valence-corrected chi connectivity index (χ2v) is 13.6. The number of nitrogens with zero attached hydrogens (tertiary/aromatic N) is 2. The number of nitrogens with one attached hydrogen (secondary N) is 2. The molecular weight excluding hydrogens is 600 g/mol. The first-order valence-corrected chi connectivity index (χ1v) is 16.6. The lowest BCUT2D eigenvalue weighted by atomic mass is 9.79. The Morgan fingerprint density at radius 2 is 1.89 bits per heavy atom. The standard InChI is InChI=1S/C36H46N4O7/c1-36(2,3)47-35(44)40-22-27(23-40)31(16-12-24-8-5-4-6-9-24)46-34(43)39-30(33(41)42)17-19-45-29-20-25(21-29)11-14-28-15-13-26-10-7-18-37-32(26)38-28/h4-6,8-9,13,15,25,27,29-31H,7,10-11,14,17-23H2,1-3H3,(H,37,38)(H,39,43)(H,41,42)/t25?,29?,30-,31?/m0/s1. The van der Waals surface area contributed by atoms with Gasteiger partial charge in [0.1, 0.15) is 17.5 Å². The number of hydrogen-bond acceptors (Lipinski definition) is 8. The number of pyridine rings is 1. The number of alkyl carbamates (subject to hydrolysis) is 1. The third-order valence-electron chi connectivity index (χ3n) is 8.66. The van der Waals surface area contributed by atoms with Crippen LogP contribution < -0.4 is 10.6 Å². The molecule has 2 aliphatic heterocycles. The van der Waals surface area contributed by atoms with Crippen molar-refractivity contribution in [3.05, 3.63) is 59.3 Å². The molecule has 3 heterocycles. The summed E-state index contributed by atoms with van der Waals surface area (Å²) >= 11 is 0. The number of carbonyl (C=O) groups excluding carboxylic acids is 2. The molecule has 1 aliphatic carbocycles. The van der Waals surface area contributed by atoms with Gasteiger partial charge in [0.25, 0.3) is 0 Å². The van der Waals surface area contributed by atoms with Crippen LogP contribution in [0.25, 0.3) is 0 Å². The highest BCUT2D eigenvalue weighted by atomic mass is 16.6. The summed E-state index contributed by atoms with van der Waals surface area (Å²) in [5.41, 5.74) is 2.52. The zero-order valence-corrected chi connectivity index (χ0v) is 27.5. The van der Waals surface area contributed by atoms with Crippen LogP contribution in [0.4, 0.5) is 15.4 Å². The van der Waals surface area contributed by atoms with Crippen LogP contribution in [0.15, 0.2) is 42.5 Å². The molecule has 11 heteroatoms. The number of anilines is 1. The summed E-state index contributed by atoms with van der Waals surface area (Å²) in [5.74, 6) is 6.18. The SMILES string of the molecule is CC(C)(C)OC(=O)N1CC(C(C#Cc2ccccc2)OC(=O)N[C@@H](CCOC2CC(CCc3ccc4c(n3)NCCC4)C2)C(=O)O)C1. The zero-order valence-electron chi connectivity index (χ0n) is 27.5. The molecule has 1 saturated carbocycles. The van der Waals surface area contributed by atoms with Crippen LogP contribution in [-0.2, 0) is 31.8 Å². The van der Waals surface area contributed by atoms with E-state index in [4.69, 9.17) is 19.2 Å². The minimum atomic E-state index is -1.18. The molecule has 2 fully saturated rings. The normalized spacial score (nSPS) is 20.1. The number of fused-ring (bicyclic) bond motifs is 1. The Balaban J connectivity index is 1.05. The highest BCUT2D eigenvalue weighted by Gasteiger charge is 2.40. The number of likely N-dealkylation sites (tertiary alicyclic amines) is 1. The number of hydrogen-bond donors (Lipinski definition) is 3. The number of benzene rings is 1. The molecule has 2 atom stereocenters. The molecule has 0 bridgehead atoms. The first-order valence-electron chi connectivity index (χ1n) is 16.6. The van der Waals surface area contributed by atoms with Gasteiger partial charge < -0.3 is 34.9 Å². The van der Waals surface area contributed by atoms with E-state index in [1.165, 1.54) is 10.5 Å². The molecule has 0 spiro atoms. The number of rotatable bonds is 11.